The van der Waals surface area contributed by atoms with Gasteiger partial charge in [-0.15, -0.1) is 0 Å². The predicted molar refractivity (Wildman–Crippen MR) is 118 cm³/mol. The van der Waals surface area contributed by atoms with Crippen molar-refractivity contribution >= 4 is 5.97 Å². The maximum Gasteiger partial charge on any atom is 0.312 e. The third-order valence-electron chi connectivity index (χ3n) is 6.06. The van der Waals surface area contributed by atoms with E-state index in [2.05, 4.69) is 34.1 Å². The largest absolute Gasteiger partial charge is 0.466 e. The van der Waals surface area contributed by atoms with E-state index in [0.29, 0.717) is 13.0 Å². The van der Waals surface area contributed by atoms with Gasteiger partial charge in [0.1, 0.15) is 11.5 Å². The van der Waals surface area contributed by atoms with Crippen LogP contribution in [0.5, 0.6) is 0 Å². The number of carbonyl (C=O) groups excluding carboxylic acids is 1. The third-order valence-corrected chi connectivity index (χ3v) is 6.06. The number of rotatable bonds is 7. The van der Waals surface area contributed by atoms with Crippen molar-refractivity contribution in [1.82, 2.24) is 15.0 Å². The number of carbonyl (C=O) groups is 1. The second-order valence-corrected chi connectivity index (χ2v) is 8.36. The Hall–Kier alpha value is -2.99. The lowest BCUT2D eigenvalue weighted by Gasteiger charge is -2.39. The van der Waals surface area contributed by atoms with Crippen LogP contribution in [0.25, 0.3) is 11.3 Å². The van der Waals surface area contributed by atoms with Crippen molar-refractivity contribution in [3.8, 4) is 11.3 Å². The van der Waals surface area contributed by atoms with Crippen molar-refractivity contribution in [3.63, 3.8) is 0 Å². The molecule has 1 aliphatic heterocycles. The Morgan fingerprint density at radius 1 is 1.16 bits per heavy atom. The minimum absolute atomic E-state index is 0.132. The molecule has 0 N–H and O–H groups in total. The summed E-state index contributed by atoms with van der Waals surface area (Å²) >= 11 is 0. The van der Waals surface area contributed by atoms with Gasteiger partial charge >= 0.3 is 5.97 Å². The highest BCUT2D eigenvalue weighted by atomic mass is 16.5. The van der Waals surface area contributed by atoms with Gasteiger partial charge in [0, 0.05) is 37.0 Å². The van der Waals surface area contributed by atoms with E-state index >= 15 is 0 Å². The second-order valence-electron chi connectivity index (χ2n) is 8.36. The van der Waals surface area contributed by atoms with Crippen molar-refractivity contribution in [3.05, 3.63) is 71.7 Å². The van der Waals surface area contributed by atoms with Crippen LogP contribution in [0.2, 0.25) is 0 Å². The van der Waals surface area contributed by atoms with Crippen molar-refractivity contribution in [2.24, 2.45) is 5.41 Å². The summed E-state index contributed by atoms with van der Waals surface area (Å²) < 4.78 is 11.1. The summed E-state index contributed by atoms with van der Waals surface area (Å²) in [6.07, 6.45) is 5.61. The molecule has 162 valence electrons. The SMILES string of the molecule is CCOC(=O)C1(Cc2cc(-c3cccc(C)c3)no2)CCN(Cc2ccncc2)CC1. The van der Waals surface area contributed by atoms with Gasteiger partial charge in [-0.2, -0.15) is 0 Å². The van der Waals surface area contributed by atoms with Gasteiger partial charge in [-0.1, -0.05) is 28.9 Å². The molecule has 0 aliphatic carbocycles. The molecule has 6 nitrogen and oxygen atoms in total. The van der Waals surface area contributed by atoms with Crippen LogP contribution < -0.4 is 0 Å². The Balaban J connectivity index is 1.48. The monoisotopic (exact) mass is 419 g/mol. The van der Waals surface area contributed by atoms with Crippen LogP contribution in [-0.2, 0) is 22.5 Å². The molecule has 0 radical (unpaired) electrons. The summed E-state index contributed by atoms with van der Waals surface area (Å²) in [5.41, 5.74) is 3.65. The number of aryl methyl sites for hydroxylation is 1. The van der Waals surface area contributed by atoms with Crippen LogP contribution >= 0.6 is 0 Å². The summed E-state index contributed by atoms with van der Waals surface area (Å²) in [5, 5.41) is 4.26. The average Bonchev–Trinajstić information content (AvgIpc) is 3.24. The average molecular weight is 420 g/mol. The molecule has 0 unspecified atom stereocenters. The van der Waals surface area contributed by atoms with Gasteiger partial charge in [0.25, 0.3) is 0 Å². The zero-order valence-corrected chi connectivity index (χ0v) is 18.2. The molecule has 3 aromatic rings. The van der Waals surface area contributed by atoms with Gasteiger partial charge in [0.05, 0.1) is 12.0 Å². The Morgan fingerprint density at radius 3 is 2.65 bits per heavy atom. The number of esters is 1. The highest BCUT2D eigenvalue weighted by molar-refractivity contribution is 5.77. The summed E-state index contributed by atoms with van der Waals surface area (Å²) in [7, 11) is 0. The van der Waals surface area contributed by atoms with E-state index in [1.54, 1.807) is 0 Å². The summed E-state index contributed by atoms with van der Waals surface area (Å²) in [4.78, 5) is 19.5. The minimum Gasteiger partial charge on any atom is -0.466 e. The molecule has 1 fully saturated rings. The molecule has 0 saturated carbocycles. The normalized spacial score (nSPS) is 16.2. The number of pyridine rings is 1. The van der Waals surface area contributed by atoms with E-state index in [-0.39, 0.29) is 5.97 Å². The Morgan fingerprint density at radius 2 is 1.94 bits per heavy atom. The molecule has 4 rings (SSSR count). The van der Waals surface area contributed by atoms with E-state index in [9.17, 15) is 4.79 Å². The zero-order valence-electron chi connectivity index (χ0n) is 18.2. The first-order valence-corrected chi connectivity index (χ1v) is 10.9. The van der Waals surface area contributed by atoms with Gasteiger partial charge < -0.3 is 9.26 Å². The lowest BCUT2D eigenvalue weighted by molar-refractivity contribution is -0.159. The Bertz CT molecular complexity index is 1010. The lowest BCUT2D eigenvalue weighted by atomic mass is 9.74. The first-order valence-electron chi connectivity index (χ1n) is 10.9. The lowest BCUT2D eigenvalue weighted by Crippen LogP contribution is -2.46. The number of piperidine rings is 1. The summed E-state index contributed by atoms with van der Waals surface area (Å²) in [6, 6.07) is 14.2. The third kappa shape index (κ3) is 5.02. The van der Waals surface area contributed by atoms with Gasteiger partial charge in [-0.25, -0.2) is 0 Å². The van der Waals surface area contributed by atoms with Crippen LogP contribution in [0.1, 0.15) is 36.7 Å². The van der Waals surface area contributed by atoms with Gasteiger partial charge in [0.15, 0.2) is 0 Å². The van der Waals surface area contributed by atoms with Crippen molar-refractivity contribution in [2.75, 3.05) is 19.7 Å². The fourth-order valence-corrected chi connectivity index (χ4v) is 4.29. The van der Waals surface area contributed by atoms with Crippen LogP contribution in [0, 0.1) is 12.3 Å². The molecule has 1 aliphatic rings. The molecule has 0 amide bonds. The number of hydrogen-bond donors (Lipinski definition) is 0. The fourth-order valence-electron chi connectivity index (χ4n) is 4.29. The first kappa shape index (κ1) is 21.2. The minimum atomic E-state index is -0.575. The topological polar surface area (TPSA) is 68.5 Å². The van der Waals surface area contributed by atoms with E-state index < -0.39 is 5.41 Å². The Labute approximate surface area is 183 Å². The predicted octanol–water partition coefficient (Wildman–Crippen LogP) is 4.43. The summed E-state index contributed by atoms with van der Waals surface area (Å²) in [5.74, 6) is 0.596. The fraction of sp³-hybridized carbons (Fsp3) is 0.400. The second kappa shape index (κ2) is 9.43. The number of aromatic nitrogens is 2. The molecule has 6 heteroatoms. The molecular formula is C25H29N3O3. The smallest absolute Gasteiger partial charge is 0.312 e. The summed E-state index contributed by atoms with van der Waals surface area (Å²) in [6.45, 7) is 6.82. The maximum absolute atomic E-state index is 13.0. The highest BCUT2D eigenvalue weighted by Gasteiger charge is 2.43. The van der Waals surface area contributed by atoms with Gasteiger partial charge in [0.2, 0.25) is 0 Å². The molecule has 1 saturated heterocycles. The quantitative estimate of drug-likeness (QED) is 0.528. The number of ether oxygens (including phenoxy) is 1. The van der Waals surface area contributed by atoms with E-state index in [1.165, 1.54) is 11.1 Å². The van der Waals surface area contributed by atoms with Crippen LogP contribution in [0.15, 0.2) is 59.4 Å². The van der Waals surface area contributed by atoms with E-state index in [0.717, 1.165) is 49.5 Å². The first-order chi connectivity index (χ1) is 15.1. The van der Waals surface area contributed by atoms with Crippen molar-refractivity contribution in [2.45, 2.75) is 39.7 Å². The van der Waals surface area contributed by atoms with Crippen LogP contribution in [0.3, 0.4) is 0 Å². The van der Waals surface area contributed by atoms with Crippen molar-refractivity contribution in [1.29, 1.82) is 0 Å². The zero-order chi connectivity index (χ0) is 21.7. The van der Waals surface area contributed by atoms with Crippen molar-refractivity contribution < 1.29 is 14.1 Å². The number of likely N-dealkylation sites (tertiary alicyclic amines) is 1. The standard InChI is InChI=1S/C25H29N3O3/c1-3-30-24(29)25(9-13-28(14-10-25)18-20-7-11-26-12-8-20)17-22-16-23(27-31-22)21-6-4-5-19(2)15-21/h4-8,11-12,15-16H,3,9-10,13-14,17-18H2,1-2H3. The molecule has 0 bridgehead atoms. The molecule has 2 aromatic heterocycles. The number of benzene rings is 1. The number of hydrogen-bond acceptors (Lipinski definition) is 6. The maximum atomic E-state index is 13.0. The van der Waals surface area contributed by atoms with E-state index in [1.807, 2.05) is 49.6 Å². The Kier molecular flexibility index (Phi) is 6.47. The van der Waals surface area contributed by atoms with E-state index in [4.69, 9.17) is 9.26 Å². The molecule has 31 heavy (non-hydrogen) atoms. The van der Waals surface area contributed by atoms with Crippen LogP contribution in [0.4, 0.5) is 0 Å². The van der Waals surface area contributed by atoms with Crippen LogP contribution in [-0.4, -0.2) is 40.7 Å². The molecule has 0 atom stereocenters. The molecular weight excluding hydrogens is 390 g/mol. The molecule has 1 aromatic carbocycles. The van der Waals surface area contributed by atoms with Gasteiger partial charge in [-0.05, 0) is 63.5 Å². The highest BCUT2D eigenvalue weighted by Crippen LogP contribution is 2.38. The van der Waals surface area contributed by atoms with Gasteiger partial charge in [-0.3, -0.25) is 14.7 Å². The molecule has 3 heterocycles. The number of nitrogens with zero attached hydrogens (tertiary/aromatic N) is 3. The molecule has 0 spiro atoms.